The normalized spacial score (nSPS) is 21.8. The third kappa shape index (κ3) is 2.40. The molecule has 2 aliphatic rings. The summed E-state index contributed by atoms with van der Waals surface area (Å²) in [7, 11) is 0. The standard InChI is InChI=1S/C15H14N6O2/c16-9-15(5-6-15)11-1-3-12(4-2-11)21-8-13(23-14(21)22)7-20-10-17-18-19-20/h1-4,10,13H,5-8H2. The smallest absolute Gasteiger partial charge is 0.414 e. The van der Waals surface area contributed by atoms with Crippen LogP contribution in [0.5, 0.6) is 0 Å². The fourth-order valence-corrected chi connectivity index (χ4v) is 2.85. The molecule has 0 radical (unpaired) electrons. The van der Waals surface area contributed by atoms with Gasteiger partial charge in [0.1, 0.15) is 12.4 Å². The molecule has 2 fully saturated rings. The maximum atomic E-state index is 12.1. The van der Waals surface area contributed by atoms with E-state index in [1.165, 1.54) is 11.0 Å². The van der Waals surface area contributed by atoms with Crippen molar-refractivity contribution in [3.05, 3.63) is 36.2 Å². The molecule has 1 unspecified atom stereocenters. The van der Waals surface area contributed by atoms with Crippen LogP contribution in [0.2, 0.25) is 0 Å². The molecule has 0 N–H and O–H groups in total. The van der Waals surface area contributed by atoms with E-state index >= 15 is 0 Å². The van der Waals surface area contributed by atoms with Gasteiger partial charge in [0.25, 0.3) is 0 Å². The lowest BCUT2D eigenvalue weighted by Crippen LogP contribution is -2.26. The van der Waals surface area contributed by atoms with Crippen molar-refractivity contribution in [3.8, 4) is 6.07 Å². The second-order valence-electron chi connectivity index (χ2n) is 5.89. The number of carbonyl (C=O) groups excluding carboxylic acids is 1. The van der Waals surface area contributed by atoms with E-state index in [9.17, 15) is 10.1 Å². The average Bonchev–Trinajstić information content (AvgIpc) is 3.05. The van der Waals surface area contributed by atoms with Crippen LogP contribution in [0.25, 0.3) is 0 Å². The first-order chi connectivity index (χ1) is 11.2. The van der Waals surface area contributed by atoms with Gasteiger partial charge in [0.15, 0.2) is 0 Å². The Hall–Kier alpha value is -2.95. The summed E-state index contributed by atoms with van der Waals surface area (Å²) in [4.78, 5) is 13.6. The lowest BCUT2D eigenvalue weighted by molar-refractivity contribution is 0.129. The highest BCUT2D eigenvalue weighted by Gasteiger charge is 2.45. The number of nitrogens with zero attached hydrogens (tertiary/aromatic N) is 6. The van der Waals surface area contributed by atoms with Crippen LogP contribution in [0.3, 0.4) is 0 Å². The quantitative estimate of drug-likeness (QED) is 0.843. The van der Waals surface area contributed by atoms with Crippen molar-refractivity contribution in [1.82, 2.24) is 20.2 Å². The fourth-order valence-electron chi connectivity index (χ4n) is 2.85. The zero-order chi connectivity index (χ0) is 15.9. The van der Waals surface area contributed by atoms with E-state index in [-0.39, 0.29) is 17.6 Å². The third-order valence-corrected chi connectivity index (χ3v) is 4.35. The monoisotopic (exact) mass is 310 g/mol. The minimum Gasteiger partial charge on any atom is -0.442 e. The number of hydrogen-bond acceptors (Lipinski definition) is 6. The van der Waals surface area contributed by atoms with Gasteiger partial charge in [-0.1, -0.05) is 12.1 Å². The number of rotatable bonds is 4. The molecule has 2 heterocycles. The molecule has 8 nitrogen and oxygen atoms in total. The topological polar surface area (TPSA) is 96.9 Å². The molecule has 0 bridgehead atoms. The molecule has 1 aromatic carbocycles. The van der Waals surface area contributed by atoms with Gasteiger partial charge in [0.2, 0.25) is 0 Å². The highest BCUT2D eigenvalue weighted by atomic mass is 16.6. The fraction of sp³-hybridized carbons (Fsp3) is 0.400. The second kappa shape index (κ2) is 5.05. The van der Waals surface area contributed by atoms with Crippen LogP contribution in [0.1, 0.15) is 18.4 Å². The van der Waals surface area contributed by atoms with Gasteiger partial charge in [0, 0.05) is 5.69 Å². The summed E-state index contributed by atoms with van der Waals surface area (Å²) in [6.07, 6.45) is 2.63. The largest absolute Gasteiger partial charge is 0.442 e. The van der Waals surface area contributed by atoms with Gasteiger partial charge in [-0.25, -0.2) is 9.48 Å². The molecule has 1 atom stereocenters. The van der Waals surface area contributed by atoms with Crippen LogP contribution in [-0.4, -0.2) is 38.9 Å². The summed E-state index contributed by atoms with van der Waals surface area (Å²) >= 11 is 0. The van der Waals surface area contributed by atoms with Gasteiger partial charge in [-0.15, -0.1) is 5.10 Å². The van der Waals surface area contributed by atoms with Crippen LogP contribution in [-0.2, 0) is 16.7 Å². The molecule has 1 amide bonds. The number of anilines is 1. The molecule has 0 spiro atoms. The summed E-state index contributed by atoms with van der Waals surface area (Å²) in [5, 5.41) is 20.1. The Balaban J connectivity index is 1.48. The second-order valence-corrected chi connectivity index (χ2v) is 5.89. The molecular weight excluding hydrogens is 296 g/mol. The molecule has 1 aliphatic carbocycles. The maximum Gasteiger partial charge on any atom is 0.414 e. The summed E-state index contributed by atoms with van der Waals surface area (Å²) in [5.41, 5.74) is 1.47. The van der Waals surface area contributed by atoms with Gasteiger partial charge in [-0.05, 0) is 41.0 Å². The number of benzene rings is 1. The number of hydrogen-bond donors (Lipinski definition) is 0. The molecule has 4 rings (SSSR count). The zero-order valence-corrected chi connectivity index (χ0v) is 12.3. The van der Waals surface area contributed by atoms with Crippen molar-refractivity contribution in [2.45, 2.75) is 30.9 Å². The van der Waals surface area contributed by atoms with Crippen molar-refractivity contribution in [3.63, 3.8) is 0 Å². The molecular formula is C15H14N6O2. The van der Waals surface area contributed by atoms with E-state index in [4.69, 9.17) is 4.74 Å². The Bertz CT molecular complexity index is 760. The Labute approximate surface area is 132 Å². The van der Waals surface area contributed by atoms with E-state index in [0.29, 0.717) is 13.1 Å². The maximum absolute atomic E-state index is 12.1. The van der Waals surface area contributed by atoms with Crippen LogP contribution < -0.4 is 4.90 Å². The predicted molar refractivity (Wildman–Crippen MR) is 78.4 cm³/mol. The Morgan fingerprint density at radius 1 is 1.35 bits per heavy atom. The van der Waals surface area contributed by atoms with Gasteiger partial charge in [-0.2, -0.15) is 5.26 Å². The average molecular weight is 310 g/mol. The number of carbonyl (C=O) groups is 1. The molecule has 1 aliphatic heterocycles. The number of nitriles is 1. The Morgan fingerprint density at radius 2 is 2.13 bits per heavy atom. The summed E-state index contributed by atoms with van der Waals surface area (Å²) in [6.45, 7) is 0.867. The van der Waals surface area contributed by atoms with Crippen molar-refractivity contribution >= 4 is 11.8 Å². The lowest BCUT2D eigenvalue weighted by atomic mass is 9.97. The number of aromatic nitrogens is 4. The highest BCUT2D eigenvalue weighted by molar-refractivity contribution is 5.89. The first-order valence-corrected chi connectivity index (χ1v) is 7.41. The predicted octanol–water partition coefficient (Wildman–Crippen LogP) is 1.25. The molecule has 23 heavy (non-hydrogen) atoms. The van der Waals surface area contributed by atoms with Crippen molar-refractivity contribution < 1.29 is 9.53 Å². The van der Waals surface area contributed by atoms with Crippen molar-refractivity contribution in [2.24, 2.45) is 0 Å². The van der Waals surface area contributed by atoms with Crippen LogP contribution in [0.15, 0.2) is 30.6 Å². The molecule has 116 valence electrons. The van der Waals surface area contributed by atoms with E-state index in [2.05, 4.69) is 21.6 Å². The molecule has 8 heteroatoms. The van der Waals surface area contributed by atoms with Crippen LogP contribution >= 0.6 is 0 Å². The minimum absolute atomic E-state index is 0.292. The van der Waals surface area contributed by atoms with E-state index in [1.807, 2.05) is 24.3 Å². The van der Waals surface area contributed by atoms with Gasteiger partial charge in [0.05, 0.1) is 24.6 Å². The van der Waals surface area contributed by atoms with Gasteiger partial charge < -0.3 is 4.74 Å². The first kappa shape index (κ1) is 13.7. The van der Waals surface area contributed by atoms with E-state index < -0.39 is 0 Å². The number of cyclic esters (lactones) is 1. The minimum atomic E-state index is -0.378. The van der Waals surface area contributed by atoms with E-state index in [0.717, 1.165) is 24.1 Å². The third-order valence-electron chi connectivity index (χ3n) is 4.35. The summed E-state index contributed by atoms with van der Waals surface area (Å²) in [5.74, 6) is 0. The summed E-state index contributed by atoms with van der Waals surface area (Å²) in [6, 6.07) is 9.96. The Morgan fingerprint density at radius 3 is 2.74 bits per heavy atom. The van der Waals surface area contributed by atoms with E-state index in [1.54, 1.807) is 4.90 Å². The number of amides is 1. The van der Waals surface area contributed by atoms with Crippen LogP contribution in [0, 0.1) is 11.3 Å². The number of tetrazole rings is 1. The summed E-state index contributed by atoms with van der Waals surface area (Å²) < 4.78 is 6.89. The Kier molecular flexibility index (Phi) is 3.01. The first-order valence-electron chi connectivity index (χ1n) is 7.41. The van der Waals surface area contributed by atoms with Gasteiger partial charge >= 0.3 is 6.09 Å². The molecule has 2 aromatic rings. The van der Waals surface area contributed by atoms with Gasteiger partial charge in [-0.3, -0.25) is 4.90 Å². The SMILES string of the molecule is N#CC1(c2ccc(N3CC(Cn4cnnn4)OC3=O)cc2)CC1. The zero-order valence-electron chi connectivity index (χ0n) is 12.3. The molecule has 1 saturated carbocycles. The molecule has 1 saturated heterocycles. The van der Waals surface area contributed by atoms with Crippen LogP contribution in [0.4, 0.5) is 10.5 Å². The highest BCUT2D eigenvalue weighted by Crippen LogP contribution is 2.47. The van der Waals surface area contributed by atoms with Crippen molar-refractivity contribution in [1.29, 1.82) is 5.26 Å². The lowest BCUT2D eigenvalue weighted by Gasteiger charge is -2.14. The number of ether oxygens (including phenoxy) is 1. The molecule has 1 aromatic heterocycles. The van der Waals surface area contributed by atoms with Crippen molar-refractivity contribution in [2.75, 3.05) is 11.4 Å².